The molecule has 0 atom stereocenters. The van der Waals surface area contributed by atoms with Gasteiger partial charge in [0.25, 0.3) is 0 Å². The molecule has 0 bridgehead atoms. The average molecular weight is 376 g/mol. The number of Topliss-reactive ketones (excluding diaryl/α,β-unsaturated/α-hetero) is 2. The van der Waals surface area contributed by atoms with Crippen LogP contribution in [0.4, 0.5) is 0 Å². The van der Waals surface area contributed by atoms with Gasteiger partial charge in [0.05, 0.1) is 18.1 Å². The lowest BCUT2D eigenvalue weighted by molar-refractivity contribution is -0.132. The topological polar surface area (TPSA) is 80.7 Å². The number of benzene rings is 1. The van der Waals surface area contributed by atoms with E-state index in [0.29, 0.717) is 31.6 Å². The normalized spacial score (nSPS) is 10.8. The molecule has 27 heavy (non-hydrogen) atoms. The van der Waals surface area contributed by atoms with Crippen molar-refractivity contribution in [1.29, 1.82) is 0 Å². The predicted octanol–water partition coefficient (Wildman–Crippen LogP) is 5.07. The van der Waals surface area contributed by atoms with Crippen molar-refractivity contribution in [2.45, 2.75) is 71.6 Å². The third-order valence-corrected chi connectivity index (χ3v) is 4.73. The summed E-state index contributed by atoms with van der Waals surface area (Å²) in [5, 5.41) is 8.85. The molecule has 0 aromatic heterocycles. The van der Waals surface area contributed by atoms with Gasteiger partial charge < -0.3 is 9.84 Å². The number of carboxylic acids is 1. The molecule has 1 aromatic carbocycles. The number of carboxylic acid groups (broad SMARTS) is 1. The van der Waals surface area contributed by atoms with Gasteiger partial charge in [-0.3, -0.25) is 9.59 Å². The number of ketones is 2. The van der Waals surface area contributed by atoms with E-state index in [0.717, 1.165) is 38.5 Å². The van der Waals surface area contributed by atoms with Gasteiger partial charge >= 0.3 is 5.97 Å². The van der Waals surface area contributed by atoms with Gasteiger partial charge in [0.2, 0.25) is 0 Å². The van der Waals surface area contributed by atoms with E-state index in [-0.39, 0.29) is 23.0 Å². The van der Waals surface area contributed by atoms with Crippen LogP contribution in [0.1, 0.15) is 82.0 Å². The smallest absolute Gasteiger partial charge is 0.335 e. The Morgan fingerprint density at radius 3 is 1.89 bits per heavy atom. The number of hydrogen-bond donors (Lipinski definition) is 1. The number of ether oxygens (including phenoxy) is 1. The molecule has 1 aromatic rings. The highest BCUT2D eigenvalue weighted by molar-refractivity contribution is 6.02. The molecule has 0 aliphatic carbocycles. The van der Waals surface area contributed by atoms with Crippen LogP contribution >= 0.6 is 0 Å². The van der Waals surface area contributed by atoms with Gasteiger partial charge in [0.1, 0.15) is 17.3 Å². The molecule has 1 N–H and O–H groups in total. The lowest BCUT2D eigenvalue weighted by Crippen LogP contribution is -2.22. The van der Waals surface area contributed by atoms with Crippen LogP contribution in [0.5, 0.6) is 5.75 Å². The van der Waals surface area contributed by atoms with Crippen LogP contribution < -0.4 is 4.74 Å². The molecular weight excluding hydrogens is 344 g/mol. The molecule has 0 aliphatic rings. The van der Waals surface area contributed by atoms with Crippen molar-refractivity contribution in [3.63, 3.8) is 0 Å². The molecule has 5 nitrogen and oxygen atoms in total. The van der Waals surface area contributed by atoms with Crippen LogP contribution in [0.15, 0.2) is 24.3 Å². The Hall–Kier alpha value is -2.17. The predicted molar refractivity (Wildman–Crippen MR) is 105 cm³/mol. The van der Waals surface area contributed by atoms with Crippen molar-refractivity contribution in [2.75, 3.05) is 6.61 Å². The molecule has 0 spiro atoms. The van der Waals surface area contributed by atoms with Crippen molar-refractivity contribution in [3.8, 4) is 5.75 Å². The molecule has 0 fully saturated rings. The second-order valence-electron chi connectivity index (χ2n) is 6.78. The Morgan fingerprint density at radius 2 is 1.37 bits per heavy atom. The zero-order valence-corrected chi connectivity index (χ0v) is 16.5. The summed E-state index contributed by atoms with van der Waals surface area (Å²) in [4.78, 5) is 34.5. The highest BCUT2D eigenvalue weighted by Gasteiger charge is 2.22. The summed E-state index contributed by atoms with van der Waals surface area (Å²) in [5.74, 6) is -0.482. The van der Waals surface area contributed by atoms with E-state index >= 15 is 0 Å². The molecule has 0 unspecified atom stereocenters. The van der Waals surface area contributed by atoms with Gasteiger partial charge in [0, 0.05) is 12.8 Å². The summed E-state index contributed by atoms with van der Waals surface area (Å²) in [5.41, 5.74) is 0.255. The number of unbranched alkanes of at least 4 members (excludes halogenated alkanes) is 5. The van der Waals surface area contributed by atoms with Crippen molar-refractivity contribution in [3.05, 3.63) is 29.8 Å². The minimum absolute atomic E-state index is 0.0791. The minimum Gasteiger partial charge on any atom is -0.494 e. The molecule has 0 aliphatic heterocycles. The van der Waals surface area contributed by atoms with E-state index in [1.165, 1.54) is 12.1 Å². The summed E-state index contributed by atoms with van der Waals surface area (Å²) in [6.07, 6.45) is 7.76. The quantitative estimate of drug-likeness (QED) is 0.341. The van der Waals surface area contributed by atoms with Crippen LogP contribution in [0.3, 0.4) is 0 Å². The first-order valence-electron chi connectivity index (χ1n) is 10.0. The molecule has 150 valence electrons. The Balaban J connectivity index is 2.09. The first-order chi connectivity index (χ1) is 13.0. The Morgan fingerprint density at radius 1 is 0.852 bits per heavy atom. The van der Waals surface area contributed by atoms with Gasteiger partial charge in [-0.1, -0.05) is 46.0 Å². The van der Waals surface area contributed by atoms with Crippen molar-refractivity contribution >= 4 is 17.5 Å². The van der Waals surface area contributed by atoms with Gasteiger partial charge in [0.15, 0.2) is 0 Å². The molecule has 0 saturated carbocycles. The molecule has 0 heterocycles. The summed E-state index contributed by atoms with van der Waals surface area (Å²) >= 11 is 0. The monoisotopic (exact) mass is 376 g/mol. The number of carbonyl (C=O) groups excluding carboxylic acids is 2. The van der Waals surface area contributed by atoms with E-state index in [2.05, 4.69) is 0 Å². The van der Waals surface area contributed by atoms with E-state index in [1.54, 1.807) is 12.1 Å². The Labute approximate surface area is 162 Å². The SMILES string of the molecule is CCC(=O)C(CCCCCCCCOc1ccc(C(=O)O)cc1)C(=O)CC. The maximum atomic E-state index is 11.9. The average Bonchev–Trinajstić information content (AvgIpc) is 2.68. The van der Waals surface area contributed by atoms with Crippen molar-refractivity contribution < 1.29 is 24.2 Å². The fourth-order valence-electron chi connectivity index (χ4n) is 3.04. The number of rotatable bonds is 15. The van der Waals surface area contributed by atoms with Gasteiger partial charge in [-0.05, 0) is 37.1 Å². The zero-order chi connectivity index (χ0) is 20.1. The van der Waals surface area contributed by atoms with Crippen LogP contribution in [-0.2, 0) is 9.59 Å². The molecule has 0 radical (unpaired) electrons. The van der Waals surface area contributed by atoms with E-state index in [9.17, 15) is 14.4 Å². The van der Waals surface area contributed by atoms with E-state index < -0.39 is 5.97 Å². The summed E-state index contributed by atoms with van der Waals surface area (Å²) in [6, 6.07) is 6.43. The first-order valence-corrected chi connectivity index (χ1v) is 10.0. The van der Waals surface area contributed by atoms with Crippen molar-refractivity contribution in [2.24, 2.45) is 5.92 Å². The highest BCUT2D eigenvalue weighted by atomic mass is 16.5. The number of carbonyl (C=O) groups is 3. The van der Waals surface area contributed by atoms with Crippen LogP contribution in [0, 0.1) is 5.92 Å². The number of aromatic carboxylic acids is 1. The van der Waals surface area contributed by atoms with E-state index in [1.807, 2.05) is 13.8 Å². The first kappa shape index (κ1) is 22.9. The Kier molecular flexibility index (Phi) is 11.1. The van der Waals surface area contributed by atoms with Gasteiger partial charge in [-0.2, -0.15) is 0 Å². The summed E-state index contributed by atoms with van der Waals surface area (Å²) in [6.45, 7) is 4.26. The van der Waals surface area contributed by atoms with Crippen LogP contribution in [0.25, 0.3) is 0 Å². The summed E-state index contributed by atoms with van der Waals surface area (Å²) < 4.78 is 5.61. The van der Waals surface area contributed by atoms with Gasteiger partial charge in [-0.25, -0.2) is 4.79 Å². The second kappa shape index (κ2) is 13.1. The molecular formula is C22H32O5. The largest absolute Gasteiger partial charge is 0.494 e. The van der Waals surface area contributed by atoms with Crippen molar-refractivity contribution in [1.82, 2.24) is 0 Å². The third-order valence-electron chi connectivity index (χ3n) is 4.73. The van der Waals surface area contributed by atoms with Crippen LogP contribution in [0.2, 0.25) is 0 Å². The number of hydrogen-bond acceptors (Lipinski definition) is 4. The lowest BCUT2D eigenvalue weighted by atomic mass is 9.90. The minimum atomic E-state index is -0.939. The fraction of sp³-hybridized carbons (Fsp3) is 0.591. The maximum absolute atomic E-state index is 11.9. The molecule has 0 amide bonds. The zero-order valence-electron chi connectivity index (χ0n) is 16.5. The van der Waals surface area contributed by atoms with E-state index in [4.69, 9.17) is 9.84 Å². The molecule has 5 heteroatoms. The molecule has 1 rings (SSSR count). The maximum Gasteiger partial charge on any atom is 0.335 e. The standard InChI is InChI=1S/C22H32O5/c1-3-20(23)19(21(24)4-2)11-9-7-5-6-8-10-16-27-18-14-12-17(13-15-18)22(25)26/h12-15,19H,3-11,16H2,1-2H3,(H,25,26). The highest BCUT2D eigenvalue weighted by Crippen LogP contribution is 2.17. The lowest BCUT2D eigenvalue weighted by Gasteiger charge is -2.12. The van der Waals surface area contributed by atoms with Gasteiger partial charge in [-0.15, -0.1) is 0 Å². The fourth-order valence-corrected chi connectivity index (χ4v) is 3.04. The molecule has 0 saturated heterocycles. The Bertz CT molecular complexity index is 575. The summed E-state index contributed by atoms with van der Waals surface area (Å²) in [7, 11) is 0. The third kappa shape index (κ3) is 8.85. The second-order valence-corrected chi connectivity index (χ2v) is 6.78. The van der Waals surface area contributed by atoms with Crippen LogP contribution in [-0.4, -0.2) is 29.2 Å².